The molecule has 0 atom stereocenters. The first-order valence-electron chi connectivity index (χ1n) is 5.62. The first-order chi connectivity index (χ1) is 9.40. The zero-order valence-corrected chi connectivity index (χ0v) is 14.4. The highest BCUT2D eigenvalue weighted by Gasteiger charge is 2.15. The average molecular weight is 419 g/mol. The lowest BCUT2D eigenvalue weighted by molar-refractivity contribution is 0.437. The van der Waals surface area contributed by atoms with Gasteiger partial charge >= 0.3 is 0 Å². The molecule has 0 amide bonds. The molecule has 0 bridgehead atoms. The van der Waals surface area contributed by atoms with E-state index in [0.717, 1.165) is 10.0 Å². The van der Waals surface area contributed by atoms with Crippen molar-refractivity contribution in [1.29, 1.82) is 0 Å². The Hall–Kier alpha value is -0.980. The van der Waals surface area contributed by atoms with Gasteiger partial charge < -0.3 is 10.5 Å². The summed E-state index contributed by atoms with van der Waals surface area (Å²) in [6.07, 6.45) is 0. The molecule has 0 saturated heterocycles. The Morgan fingerprint density at radius 3 is 2.55 bits per heavy atom. The summed E-state index contributed by atoms with van der Waals surface area (Å²) in [6, 6.07) is 8.69. The molecule has 0 fully saturated rings. The Labute approximate surface area is 138 Å². The molecule has 0 unspecified atom stereocenters. The zero-order valence-electron chi connectivity index (χ0n) is 10.4. The van der Waals surface area contributed by atoms with Crippen molar-refractivity contribution in [2.24, 2.45) is 5.73 Å². The summed E-state index contributed by atoms with van der Waals surface area (Å²) in [5.41, 5.74) is 6.86. The van der Waals surface area contributed by atoms with Gasteiger partial charge in [-0.1, -0.05) is 34.2 Å². The van der Waals surface area contributed by atoms with E-state index in [1.165, 1.54) is 6.07 Å². The molecular formula is C14H10Br2FNOS. The molecule has 0 aliphatic rings. The molecule has 0 aromatic heterocycles. The number of benzene rings is 2. The van der Waals surface area contributed by atoms with Crippen LogP contribution in [0, 0.1) is 12.7 Å². The largest absolute Gasteiger partial charge is 0.454 e. The third-order valence-corrected chi connectivity index (χ3v) is 4.17. The number of hydrogen-bond acceptors (Lipinski definition) is 2. The van der Waals surface area contributed by atoms with E-state index in [2.05, 4.69) is 31.9 Å². The van der Waals surface area contributed by atoms with Gasteiger partial charge in [-0.05, 0) is 52.7 Å². The summed E-state index contributed by atoms with van der Waals surface area (Å²) in [5.74, 6) is 0.154. The monoisotopic (exact) mass is 417 g/mol. The number of halogens is 3. The highest BCUT2D eigenvalue weighted by Crippen LogP contribution is 2.34. The van der Waals surface area contributed by atoms with E-state index in [4.69, 9.17) is 22.7 Å². The van der Waals surface area contributed by atoms with Crippen molar-refractivity contribution in [2.75, 3.05) is 0 Å². The maximum atomic E-state index is 14.2. The lowest BCUT2D eigenvalue weighted by Crippen LogP contribution is -2.11. The molecular weight excluding hydrogens is 409 g/mol. The van der Waals surface area contributed by atoms with Crippen LogP contribution in [0.1, 0.15) is 11.1 Å². The van der Waals surface area contributed by atoms with E-state index >= 15 is 0 Å². The van der Waals surface area contributed by atoms with Gasteiger partial charge in [-0.3, -0.25) is 0 Å². The van der Waals surface area contributed by atoms with Crippen molar-refractivity contribution in [1.82, 2.24) is 0 Å². The molecule has 2 aromatic rings. The normalized spacial score (nSPS) is 10.4. The standard InChI is InChI=1S/C14H10Br2FNOS/c1-7-2-3-8(15)6-11(7)19-10-5-4-9(14(18)20)12(16)13(10)17/h2-6H,1H3,(H2,18,20). The summed E-state index contributed by atoms with van der Waals surface area (Å²) in [4.78, 5) is 0.126. The van der Waals surface area contributed by atoms with E-state index in [9.17, 15) is 4.39 Å². The van der Waals surface area contributed by atoms with Crippen LogP contribution < -0.4 is 10.5 Å². The lowest BCUT2D eigenvalue weighted by atomic mass is 10.2. The smallest absolute Gasteiger partial charge is 0.180 e. The van der Waals surface area contributed by atoms with Crippen molar-refractivity contribution in [3.8, 4) is 11.5 Å². The van der Waals surface area contributed by atoms with E-state index < -0.39 is 5.82 Å². The number of ether oxygens (including phenoxy) is 1. The Kier molecular flexibility index (Phi) is 4.78. The van der Waals surface area contributed by atoms with Crippen molar-refractivity contribution in [3.63, 3.8) is 0 Å². The molecule has 0 heterocycles. The van der Waals surface area contributed by atoms with Crippen LogP contribution in [0.3, 0.4) is 0 Å². The maximum absolute atomic E-state index is 14.2. The molecule has 6 heteroatoms. The van der Waals surface area contributed by atoms with Crippen molar-refractivity contribution < 1.29 is 9.13 Å². The molecule has 2 rings (SSSR count). The van der Waals surface area contributed by atoms with Gasteiger partial charge in [0.2, 0.25) is 0 Å². The summed E-state index contributed by atoms with van der Waals surface area (Å²) in [7, 11) is 0. The second-order valence-electron chi connectivity index (χ2n) is 4.12. The highest BCUT2D eigenvalue weighted by molar-refractivity contribution is 9.10. The summed E-state index contributed by atoms with van der Waals surface area (Å²) >= 11 is 11.4. The van der Waals surface area contributed by atoms with Crippen LogP contribution in [0.15, 0.2) is 39.3 Å². The minimum atomic E-state index is -0.533. The molecule has 0 spiro atoms. The van der Waals surface area contributed by atoms with Crippen LogP contribution in [0.5, 0.6) is 11.5 Å². The maximum Gasteiger partial charge on any atom is 0.180 e. The molecule has 104 valence electrons. The van der Waals surface area contributed by atoms with Crippen LogP contribution >= 0.6 is 44.1 Å². The van der Waals surface area contributed by atoms with Gasteiger partial charge in [0, 0.05) is 10.0 Å². The second-order valence-corrected chi connectivity index (χ2v) is 6.26. The molecule has 20 heavy (non-hydrogen) atoms. The van der Waals surface area contributed by atoms with Crippen LogP contribution in [0.25, 0.3) is 0 Å². The second kappa shape index (κ2) is 6.20. The van der Waals surface area contributed by atoms with Crippen molar-refractivity contribution in [2.45, 2.75) is 6.92 Å². The number of hydrogen-bond donors (Lipinski definition) is 1. The number of aryl methyl sites for hydroxylation is 1. The fourth-order valence-corrected chi connectivity index (χ4v) is 2.79. The highest BCUT2D eigenvalue weighted by atomic mass is 79.9. The van der Waals surface area contributed by atoms with Crippen LogP contribution in [0.2, 0.25) is 0 Å². The minimum absolute atomic E-state index is 0.109. The van der Waals surface area contributed by atoms with Gasteiger partial charge in [-0.15, -0.1) is 0 Å². The molecule has 0 saturated carbocycles. The third-order valence-electron chi connectivity index (χ3n) is 2.68. The Morgan fingerprint density at radius 1 is 1.20 bits per heavy atom. The molecule has 0 aliphatic heterocycles. The Bertz CT molecular complexity index is 691. The van der Waals surface area contributed by atoms with E-state index in [0.29, 0.717) is 11.3 Å². The zero-order chi connectivity index (χ0) is 14.9. The first-order valence-corrected chi connectivity index (χ1v) is 7.61. The first kappa shape index (κ1) is 15.4. The third kappa shape index (κ3) is 3.19. The van der Waals surface area contributed by atoms with Gasteiger partial charge in [0.05, 0.1) is 4.47 Å². The number of rotatable bonds is 3. The predicted octanol–water partition coefficient (Wildman–Crippen LogP) is 5.09. The van der Waals surface area contributed by atoms with Crippen molar-refractivity contribution in [3.05, 3.63) is 56.2 Å². The van der Waals surface area contributed by atoms with Gasteiger partial charge in [0.25, 0.3) is 0 Å². The predicted molar refractivity (Wildman–Crippen MR) is 88.9 cm³/mol. The quantitative estimate of drug-likeness (QED) is 0.705. The molecule has 2 nitrogen and oxygen atoms in total. The minimum Gasteiger partial charge on any atom is -0.454 e. The van der Waals surface area contributed by atoms with Gasteiger partial charge in [0.15, 0.2) is 11.6 Å². The average Bonchev–Trinajstić information content (AvgIpc) is 2.39. The van der Waals surface area contributed by atoms with E-state index in [1.807, 2.05) is 19.1 Å². The number of nitrogens with two attached hydrogens (primary N) is 1. The fourth-order valence-electron chi connectivity index (χ4n) is 1.60. The Balaban J connectivity index is 2.42. The molecule has 2 aromatic carbocycles. The summed E-state index contributed by atoms with van der Waals surface area (Å²) in [6.45, 7) is 1.89. The number of thiocarbonyl (C=S) groups is 1. The van der Waals surface area contributed by atoms with Gasteiger partial charge in [-0.2, -0.15) is 0 Å². The molecule has 2 N–H and O–H groups in total. The molecule has 0 aliphatic carbocycles. The topological polar surface area (TPSA) is 35.2 Å². The summed E-state index contributed by atoms with van der Waals surface area (Å²) in [5, 5.41) is 0. The van der Waals surface area contributed by atoms with Crippen LogP contribution in [-0.4, -0.2) is 4.99 Å². The van der Waals surface area contributed by atoms with Gasteiger partial charge in [-0.25, -0.2) is 4.39 Å². The van der Waals surface area contributed by atoms with Crippen molar-refractivity contribution >= 4 is 49.1 Å². The van der Waals surface area contributed by atoms with E-state index in [1.54, 1.807) is 12.1 Å². The van der Waals surface area contributed by atoms with Gasteiger partial charge in [0.1, 0.15) is 10.7 Å². The van der Waals surface area contributed by atoms with Crippen LogP contribution in [-0.2, 0) is 0 Å². The molecule has 0 radical (unpaired) electrons. The lowest BCUT2D eigenvalue weighted by Gasteiger charge is -2.12. The SMILES string of the molecule is Cc1ccc(Br)cc1Oc1ccc(C(N)=S)c(Br)c1F. The fraction of sp³-hybridized carbons (Fsp3) is 0.0714. The summed E-state index contributed by atoms with van der Waals surface area (Å²) < 4.78 is 20.9. The van der Waals surface area contributed by atoms with E-state index in [-0.39, 0.29) is 15.2 Å². The Morgan fingerprint density at radius 2 is 1.90 bits per heavy atom. The van der Waals surface area contributed by atoms with Crippen LogP contribution in [0.4, 0.5) is 4.39 Å².